The van der Waals surface area contributed by atoms with Gasteiger partial charge in [-0.3, -0.25) is 24.5 Å². The predicted octanol–water partition coefficient (Wildman–Crippen LogP) is -0.296. The van der Waals surface area contributed by atoms with Crippen molar-refractivity contribution in [2.24, 2.45) is 5.73 Å². The zero-order valence-electron chi connectivity index (χ0n) is 14.1. The lowest BCUT2D eigenvalue weighted by Gasteiger charge is -2.23. The van der Waals surface area contributed by atoms with Crippen LogP contribution in [0, 0.1) is 10.1 Å². The van der Waals surface area contributed by atoms with Crippen molar-refractivity contribution in [2.75, 3.05) is 19.6 Å². The Morgan fingerprint density at radius 3 is 2.62 bits per heavy atom. The molecule has 0 spiro atoms. The lowest BCUT2D eigenvalue weighted by molar-refractivity contribution is -0.384. The molecule has 1 aliphatic rings. The summed E-state index contributed by atoms with van der Waals surface area (Å²) in [5.74, 6) is -1.37. The number of likely N-dealkylation sites (tertiary alicyclic amines) is 1. The quantitative estimate of drug-likeness (QED) is 0.384. The Hall–Kier alpha value is -3.01. The van der Waals surface area contributed by atoms with Crippen LogP contribution in [-0.2, 0) is 25.7 Å². The third-order valence-electron chi connectivity index (χ3n) is 4.00. The van der Waals surface area contributed by atoms with Crippen molar-refractivity contribution >= 4 is 23.5 Å². The van der Waals surface area contributed by atoms with Crippen molar-refractivity contribution < 1.29 is 24.0 Å². The van der Waals surface area contributed by atoms with E-state index in [2.05, 4.69) is 5.32 Å². The molecule has 1 atom stereocenters. The molecule has 26 heavy (non-hydrogen) atoms. The number of ether oxygens (including phenoxy) is 1. The molecule has 1 fully saturated rings. The van der Waals surface area contributed by atoms with E-state index in [9.17, 15) is 24.5 Å². The molecule has 10 heteroatoms. The molecule has 1 heterocycles. The van der Waals surface area contributed by atoms with E-state index < -0.39 is 22.8 Å². The van der Waals surface area contributed by atoms with E-state index in [1.807, 2.05) is 0 Å². The van der Waals surface area contributed by atoms with Crippen LogP contribution in [0.1, 0.15) is 18.4 Å². The van der Waals surface area contributed by atoms with Crippen molar-refractivity contribution in [3.8, 4) is 0 Å². The van der Waals surface area contributed by atoms with E-state index in [0.717, 1.165) is 0 Å². The first-order valence-electron chi connectivity index (χ1n) is 8.08. The highest BCUT2D eigenvalue weighted by molar-refractivity contribution is 5.90. The molecule has 0 radical (unpaired) electrons. The summed E-state index contributed by atoms with van der Waals surface area (Å²) in [4.78, 5) is 47.0. The number of rotatable bonds is 7. The van der Waals surface area contributed by atoms with Crippen LogP contribution >= 0.6 is 0 Å². The highest BCUT2D eigenvalue weighted by Gasteiger charge is 2.33. The molecule has 1 aromatic carbocycles. The topological polar surface area (TPSA) is 145 Å². The highest BCUT2D eigenvalue weighted by atomic mass is 16.6. The van der Waals surface area contributed by atoms with Crippen LogP contribution in [0.3, 0.4) is 0 Å². The third-order valence-corrected chi connectivity index (χ3v) is 4.00. The molecule has 0 unspecified atom stereocenters. The van der Waals surface area contributed by atoms with E-state index in [1.54, 1.807) is 0 Å². The summed E-state index contributed by atoms with van der Waals surface area (Å²) in [5.41, 5.74) is 5.86. The summed E-state index contributed by atoms with van der Waals surface area (Å²) in [7, 11) is 0. The summed E-state index contributed by atoms with van der Waals surface area (Å²) in [5, 5.41) is 13.0. The number of hydrogen-bond donors (Lipinski definition) is 2. The lowest BCUT2D eigenvalue weighted by atomic mass is 10.2. The Bertz CT molecular complexity index is 690. The predicted molar refractivity (Wildman–Crippen MR) is 89.7 cm³/mol. The fourth-order valence-electron chi connectivity index (χ4n) is 2.66. The number of non-ortho nitro benzene ring substituents is 1. The Morgan fingerprint density at radius 2 is 2.00 bits per heavy atom. The number of nitro groups is 1. The smallest absolute Gasteiger partial charge is 0.325 e. The number of nitro benzene ring substituents is 1. The monoisotopic (exact) mass is 364 g/mol. The van der Waals surface area contributed by atoms with Gasteiger partial charge in [0.25, 0.3) is 5.69 Å². The summed E-state index contributed by atoms with van der Waals surface area (Å²) < 4.78 is 5.01. The van der Waals surface area contributed by atoms with Gasteiger partial charge in [-0.2, -0.15) is 0 Å². The molecule has 10 nitrogen and oxygen atoms in total. The van der Waals surface area contributed by atoms with Crippen LogP contribution in [0.4, 0.5) is 5.69 Å². The maximum Gasteiger partial charge on any atom is 0.325 e. The molecule has 1 aliphatic heterocycles. The van der Waals surface area contributed by atoms with Gasteiger partial charge in [-0.15, -0.1) is 0 Å². The van der Waals surface area contributed by atoms with Crippen molar-refractivity contribution in [3.05, 3.63) is 39.9 Å². The average Bonchev–Trinajstić information content (AvgIpc) is 3.14. The summed E-state index contributed by atoms with van der Waals surface area (Å²) in [6, 6.07) is 4.98. The van der Waals surface area contributed by atoms with Gasteiger partial charge in [-0.25, -0.2) is 0 Å². The van der Waals surface area contributed by atoms with Crippen molar-refractivity contribution in [3.63, 3.8) is 0 Å². The van der Waals surface area contributed by atoms with E-state index in [0.29, 0.717) is 24.9 Å². The van der Waals surface area contributed by atoms with Crippen LogP contribution in [0.2, 0.25) is 0 Å². The maximum absolute atomic E-state index is 12.1. The van der Waals surface area contributed by atoms with Gasteiger partial charge in [-0.05, 0) is 30.5 Å². The maximum atomic E-state index is 12.1. The molecule has 0 bridgehead atoms. The zero-order valence-corrected chi connectivity index (χ0v) is 14.1. The minimum Gasteiger partial charge on any atom is -0.460 e. The van der Waals surface area contributed by atoms with Gasteiger partial charge < -0.3 is 20.7 Å². The number of benzene rings is 1. The van der Waals surface area contributed by atoms with Gasteiger partial charge in [0.1, 0.15) is 19.2 Å². The number of nitrogens with two attached hydrogens (primary N) is 1. The second-order valence-corrected chi connectivity index (χ2v) is 5.75. The summed E-state index contributed by atoms with van der Waals surface area (Å²) in [6.45, 7) is -0.0827. The molecular formula is C16H20N4O6. The Kier molecular flexibility index (Phi) is 6.61. The Balaban J connectivity index is 1.76. The van der Waals surface area contributed by atoms with Gasteiger partial charge in [0, 0.05) is 18.7 Å². The fourth-order valence-corrected chi connectivity index (χ4v) is 2.66. The molecule has 140 valence electrons. The fraction of sp³-hybridized carbons (Fsp3) is 0.438. The SMILES string of the molecule is NCC(=O)N1CCC[C@H]1C(=O)NCC(=O)OCc1ccc([N+](=O)[O-])cc1. The van der Waals surface area contributed by atoms with E-state index in [-0.39, 0.29) is 31.3 Å². The van der Waals surface area contributed by atoms with Crippen LogP contribution in [-0.4, -0.2) is 53.3 Å². The van der Waals surface area contributed by atoms with E-state index in [1.165, 1.54) is 29.2 Å². The Morgan fingerprint density at radius 1 is 1.31 bits per heavy atom. The number of nitrogens with one attached hydrogen (secondary N) is 1. The molecule has 2 amide bonds. The molecule has 0 saturated carbocycles. The Labute approximate surface area is 149 Å². The molecule has 3 N–H and O–H groups in total. The second-order valence-electron chi connectivity index (χ2n) is 5.75. The van der Waals surface area contributed by atoms with Gasteiger partial charge in [0.05, 0.1) is 11.5 Å². The van der Waals surface area contributed by atoms with Crippen molar-refractivity contribution in [1.29, 1.82) is 0 Å². The minimum atomic E-state index is -0.647. The molecule has 2 rings (SSSR count). The van der Waals surface area contributed by atoms with Crippen LogP contribution in [0.25, 0.3) is 0 Å². The lowest BCUT2D eigenvalue weighted by Crippen LogP contribution is -2.48. The number of nitrogens with zero attached hydrogens (tertiary/aromatic N) is 2. The van der Waals surface area contributed by atoms with Crippen LogP contribution in [0.5, 0.6) is 0 Å². The first-order chi connectivity index (χ1) is 12.4. The summed E-state index contributed by atoms with van der Waals surface area (Å²) >= 11 is 0. The first-order valence-corrected chi connectivity index (χ1v) is 8.08. The van der Waals surface area contributed by atoms with Gasteiger partial charge in [0.15, 0.2) is 0 Å². The average molecular weight is 364 g/mol. The molecule has 0 aliphatic carbocycles. The molecular weight excluding hydrogens is 344 g/mol. The van der Waals surface area contributed by atoms with Gasteiger partial charge in [-0.1, -0.05) is 0 Å². The first kappa shape index (κ1) is 19.3. The van der Waals surface area contributed by atoms with Crippen LogP contribution in [0.15, 0.2) is 24.3 Å². The number of amides is 2. The third kappa shape index (κ3) is 4.99. The highest BCUT2D eigenvalue weighted by Crippen LogP contribution is 2.17. The summed E-state index contributed by atoms with van der Waals surface area (Å²) in [6.07, 6.45) is 1.23. The number of carbonyl (C=O) groups is 3. The normalized spacial score (nSPS) is 16.2. The standard InChI is InChI=1S/C16H20N4O6/c17-8-14(21)19-7-1-2-13(19)16(23)18-9-15(22)26-10-11-3-5-12(6-4-11)20(24)25/h3-6,13H,1-2,7-10,17H2,(H,18,23)/t13-/m0/s1. The van der Waals surface area contributed by atoms with E-state index in [4.69, 9.17) is 10.5 Å². The molecule has 0 aromatic heterocycles. The molecule has 1 saturated heterocycles. The van der Waals surface area contributed by atoms with Crippen molar-refractivity contribution in [1.82, 2.24) is 10.2 Å². The van der Waals surface area contributed by atoms with Crippen LogP contribution < -0.4 is 11.1 Å². The zero-order chi connectivity index (χ0) is 19.1. The van der Waals surface area contributed by atoms with Crippen molar-refractivity contribution in [2.45, 2.75) is 25.5 Å². The molecule has 1 aromatic rings. The largest absolute Gasteiger partial charge is 0.460 e. The van der Waals surface area contributed by atoms with E-state index >= 15 is 0 Å². The minimum absolute atomic E-state index is 0.0551. The second kappa shape index (κ2) is 8.90. The number of carbonyl (C=O) groups excluding carboxylic acids is 3. The van der Waals surface area contributed by atoms with Gasteiger partial charge in [0.2, 0.25) is 11.8 Å². The van der Waals surface area contributed by atoms with Gasteiger partial charge >= 0.3 is 5.97 Å². The number of hydrogen-bond acceptors (Lipinski definition) is 7. The number of esters is 1.